The van der Waals surface area contributed by atoms with Crippen molar-refractivity contribution in [2.24, 2.45) is 0 Å². The third-order valence-corrected chi connectivity index (χ3v) is 5.64. The summed E-state index contributed by atoms with van der Waals surface area (Å²) in [7, 11) is 3.19. The van der Waals surface area contributed by atoms with E-state index in [1.807, 2.05) is 44.2 Å². The van der Waals surface area contributed by atoms with Crippen molar-refractivity contribution in [2.45, 2.75) is 20.8 Å². The fourth-order valence-corrected chi connectivity index (χ4v) is 3.85. The van der Waals surface area contributed by atoms with E-state index in [1.165, 1.54) is 5.56 Å². The Hall–Kier alpha value is -3.99. The van der Waals surface area contributed by atoms with Crippen LogP contribution in [0.5, 0.6) is 11.5 Å². The Balaban J connectivity index is 1.71. The number of methoxy groups -OCH3 is 2. The first-order valence-electron chi connectivity index (χ1n) is 10.7. The van der Waals surface area contributed by atoms with Crippen molar-refractivity contribution in [1.82, 2.24) is 0 Å². The molecule has 5 heteroatoms. The molecule has 0 aliphatic rings. The zero-order valence-electron chi connectivity index (χ0n) is 19.5. The normalized spacial score (nSPS) is 11.5. The van der Waals surface area contributed by atoms with Crippen LogP contribution in [-0.2, 0) is 4.79 Å². The van der Waals surface area contributed by atoms with E-state index in [9.17, 15) is 4.79 Å². The molecule has 1 amide bonds. The van der Waals surface area contributed by atoms with Gasteiger partial charge in [-0.15, -0.1) is 0 Å². The van der Waals surface area contributed by atoms with Gasteiger partial charge in [-0.3, -0.25) is 4.79 Å². The molecule has 0 aliphatic heterocycles. The van der Waals surface area contributed by atoms with E-state index >= 15 is 0 Å². The molecule has 168 valence electrons. The minimum absolute atomic E-state index is 0.246. The van der Waals surface area contributed by atoms with E-state index in [2.05, 4.69) is 36.5 Å². The predicted molar refractivity (Wildman–Crippen MR) is 133 cm³/mol. The minimum Gasteiger partial charge on any atom is -0.496 e. The number of ether oxygens (including phenoxy) is 2. The van der Waals surface area contributed by atoms with Crippen LogP contribution in [0.15, 0.2) is 71.4 Å². The molecule has 1 N–H and O–H groups in total. The molecule has 0 unspecified atom stereocenters. The second-order valence-electron chi connectivity index (χ2n) is 8.08. The van der Waals surface area contributed by atoms with Crippen molar-refractivity contribution >= 4 is 28.1 Å². The Morgan fingerprint density at radius 2 is 1.61 bits per heavy atom. The number of carbonyl (C=O) groups excluding carboxylic acids is 1. The first-order valence-corrected chi connectivity index (χ1v) is 10.7. The molecule has 0 bridgehead atoms. The van der Waals surface area contributed by atoms with Gasteiger partial charge in [-0.1, -0.05) is 35.9 Å². The number of aryl methyl sites for hydroxylation is 2. The summed E-state index contributed by atoms with van der Waals surface area (Å²) in [6.07, 6.45) is 3.32. The minimum atomic E-state index is -0.246. The zero-order valence-corrected chi connectivity index (χ0v) is 19.5. The highest BCUT2D eigenvalue weighted by Gasteiger charge is 2.15. The third kappa shape index (κ3) is 4.62. The molecule has 0 atom stereocenters. The summed E-state index contributed by atoms with van der Waals surface area (Å²) in [6.45, 7) is 5.92. The fourth-order valence-electron chi connectivity index (χ4n) is 3.85. The molecule has 0 spiro atoms. The molecule has 0 fully saturated rings. The summed E-state index contributed by atoms with van der Waals surface area (Å²) in [4.78, 5) is 12.8. The monoisotopic (exact) mass is 441 g/mol. The molecule has 5 nitrogen and oxygen atoms in total. The summed E-state index contributed by atoms with van der Waals surface area (Å²) in [5.41, 5.74) is 7.25. The van der Waals surface area contributed by atoms with Crippen LogP contribution in [0.3, 0.4) is 0 Å². The average Bonchev–Trinajstić information content (AvgIpc) is 3.21. The maximum Gasteiger partial charge on any atom is 0.248 e. The largest absolute Gasteiger partial charge is 0.496 e. The molecule has 33 heavy (non-hydrogen) atoms. The van der Waals surface area contributed by atoms with Crippen molar-refractivity contribution in [1.29, 1.82) is 0 Å². The lowest BCUT2D eigenvalue weighted by atomic mass is 9.99. The van der Waals surface area contributed by atoms with Crippen molar-refractivity contribution in [3.63, 3.8) is 0 Å². The van der Waals surface area contributed by atoms with Crippen LogP contribution in [0.25, 0.3) is 27.7 Å². The van der Waals surface area contributed by atoms with E-state index < -0.39 is 0 Å². The lowest BCUT2D eigenvalue weighted by molar-refractivity contribution is -0.111. The maximum absolute atomic E-state index is 12.8. The smallest absolute Gasteiger partial charge is 0.248 e. The highest BCUT2D eigenvalue weighted by Crippen LogP contribution is 2.37. The molecule has 0 saturated carbocycles. The van der Waals surface area contributed by atoms with Gasteiger partial charge in [0.05, 0.1) is 26.2 Å². The second kappa shape index (κ2) is 9.25. The maximum atomic E-state index is 12.8. The average molecular weight is 442 g/mol. The Bertz CT molecular complexity index is 1350. The number of fused-ring (bicyclic) bond motifs is 1. The van der Waals surface area contributed by atoms with Crippen molar-refractivity contribution in [3.8, 4) is 22.6 Å². The topological polar surface area (TPSA) is 60.7 Å². The molecule has 4 rings (SSSR count). The molecule has 0 saturated heterocycles. The number of rotatable bonds is 6. The number of carbonyl (C=O) groups is 1. The van der Waals surface area contributed by atoms with Gasteiger partial charge in [0.15, 0.2) is 0 Å². The standard InChI is InChI=1S/C28H27NO4/c1-17-6-9-20(10-7-17)23-16-33-27-15-26(32-5)21(14-22(23)27)19(3)13-28(30)29-24-12-18(2)8-11-25(24)31-4/h6-16H,1-5H3,(H,29,30)/b19-13+. The summed E-state index contributed by atoms with van der Waals surface area (Å²) in [5, 5.41) is 3.88. The van der Waals surface area contributed by atoms with E-state index in [1.54, 1.807) is 26.6 Å². The van der Waals surface area contributed by atoms with Gasteiger partial charge in [0.25, 0.3) is 0 Å². The molecule has 1 aromatic heterocycles. The molecular formula is C28H27NO4. The Morgan fingerprint density at radius 3 is 2.30 bits per heavy atom. The number of allylic oxidation sites excluding steroid dienone is 1. The molecule has 0 aliphatic carbocycles. The van der Waals surface area contributed by atoms with Gasteiger partial charge in [0.1, 0.15) is 17.1 Å². The van der Waals surface area contributed by atoms with Gasteiger partial charge in [-0.2, -0.15) is 0 Å². The predicted octanol–water partition coefficient (Wildman–Crippen LogP) is 6.78. The Labute approximate surface area is 193 Å². The SMILES string of the molecule is COc1ccc(C)cc1NC(=O)/C=C(\C)c1cc2c(-c3ccc(C)cc3)coc2cc1OC. The van der Waals surface area contributed by atoms with Crippen LogP contribution in [0.4, 0.5) is 5.69 Å². The quantitative estimate of drug-likeness (QED) is 0.335. The number of anilines is 1. The van der Waals surface area contributed by atoms with E-state index in [0.717, 1.165) is 38.8 Å². The van der Waals surface area contributed by atoms with Gasteiger partial charge in [-0.05, 0) is 55.7 Å². The van der Waals surface area contributed by atoms with Gasteiger partial charge in [0, 0.05) is 28.7 Å². The molecule has 1 heterocycles. The summed E-state index contributed by atoms with van der Waals surface area (Å²) < 4.78 is 16.8. The zero-order chi connectivity index (χ0) is 23.5. The Morgan fingerprint density at radius 1 is 0.909 bits per heavy atom. The van der Waals surface area contributed by atoms with Crippen LogP contribution >= 0.6 is 0 Å². The molecule has 4 aromatic rings. The van der Waals surface area contributed by atoms with E-state index in [-0.39, 0.29) is 5.91 Å². The number of hydrogen-bond acceptors (Lipinski definition) is 4. The number of hydrogen-bond donors (Lipinski definition) is 1. The first kappa shape index (κ1) is 22.2. The lowest BCUT2D eigenvalue weighted by Crippen LogP contribution is -2.10. The molecule has 3 aromatic carbocycles. The van der Waals surface area contributed by atoms with Crippen LogP contribution in [0, 0.1) is 13.8 Å². The number of amides is 1. The highest BCUT2D eigenvalue weighted by atomic mass is 16.5. The van der Waals surface area contributed by atoms with Gasteiger partial charge < -0.3 is 19.2 Å². The van der Waals surface area contributed by atoms with Gasteiger partial charge in [0.2, 0.25) is 5.91 Å². The number of furan rings is 1. The van der Waals surface area contributed by atoms with Crippen LogP contribution in [0.1, 0.15) is 23.6 Å². The number of nitrogens with one attached hydrogen (secondary N) is 1. The lowest BCUT2D eigenvalue weighted by Gasteiger charge is -2.12. The Kier molecular flexibility index (Phi) is 6.22. The van der Waals surface area contributed by atoms with Crippen molar-refractivity contribution in [3.05, 3.63) is 83.6 Å². The van der Waals surface area contributed by atoms with Crippen molar-refractivity contribution in [2.75, 3.05) is 19.5 Å². The van der Waals surface area contributed by atoms with E-state index in [0.29, 0.717) is 17.2 Å². The molecular weight excluding hydrogens is 414 g/mol. The second-order valence-corrected chi connectivity index (χ2v) is 8.08. The summed E-state index contributed by atoms with van der Waals surface area (Å²) in [6, 6.07) is 17.8. The fraction of sp³-hybridized carbons (Fsp3) is 0.179. The van der Waals surface area contributed by atoms with Gasteiger partial charge >= 0.3 is 0 Å². The van der Waals surface area contributed by atoms with E-state index in [4.69, 9.17) is 13.9 Å². The first-order chi connectivity index (χ1) is 15.9. The third-order valence-electron chi connectivity index (χ3n) is 5.64. The van der Waals surface area contributed by atoms with Crippen LogP contribution in [0.2, 0.25) is 0 Å². The van der Waals surface area contributed by atoms with Gasteiger partial charge in [-0.25, -0.2) is 0 Å². The highest BCUT2D eigenvalue weighted by molar-refractivity contribution is 6.06. The number of benzene rings is 3. The summed E-state index contributed by atoms with van der Waals surface area (Å²) in [5.74, 6) is 1.01. The summed E-state index contributed by atoms with van der Waals surface area (Å²) >= 11 is 0. The van der Waals surface area contributed by atoms with Crippen LogP contribution in [-0.4, -0.2) is 20.1 Å². The van der Waals surface area contributed by atoms with Crippen LogP contribution < -0.4 is 14.8 Å². The molecule has 0 radical (unpaired) electrons. The van der Waals surface area contributed by atoms with Crippen molar-refractivity contribution < 1.29 is 18.7 Å².